The van der Waals surface area contributed by atoms with Crippen molar-refractivity contribution in [3.8, 4) is 0 Å². The van der Waals surface area contributed by atoms with E-state index in [0.29, 0.717) is 5.92 Å². The van der Waals surface area contributed by atoms with E-state index in [1.165, 1.54) is 5.56 Å². The van der Waals surface area contributed by atoms with Gasteiger partial charge in [0.05, 0.1) is 5.54 Å². The number of rotatable bonds is 2. The first-order chi connectivity index (χ1) is 8.84. The Morgan fingerprint density at radius 2 is 1.89 bits per heavy atom. The zero-order valence-corrected chi connectivity index (χ0v) is 12.3. The van der Waals surface area contributed by atoms with E-state index in [2.05, 4.69) is 13.8 Å². The highest BCUT2D eigenvalue weighted by molar-refractivity contribution is 5.95. The summed E-state index contributed by atoms with van der Waals surface area (Å²) in [4.78, 5) is 14.5. The van der Waals surface area contributed by atoms with Crippen LogP contribution in [0.4, 0.5) is 0 Å². The van der Waals surface area contributed by atoms with Crippen molar-refractivity contribution in [2.24, 2.45) is 5.73 Å². The van der Waals surface area contributed by atoms with Crippen molar-refractivity contribution in [1.29, 1.82) is 0 Å². The number of nitrogens with zero attached hydrogens (tertiary/aromatic N) is 1. The van der Waals surface area contributed by atoms with Gasteiger partial charge < -0.3 is 10.6 Å². The lowest BCUT2D eigenvalue weighted by atomic mass is 9.96. The summed E-state index contributed by atoms with van der Waals surface area (Å²) in [7, 11) is 0. The number of amides is 1. The minimum atomic E-state index is -0.256. The summed E-state index contributed by atoms with van der Waals surface area (Å²) in [5.41, 5.74) is 7.85. The summed E-state index contributed by atoms with van der Waals surface area (Å²) in [5.74, 6) is 0.578. The van der Waals surface area contributed by atoms with Gasteiger partial charge >= 0.3 is 0 Å². The molecule has 3 heteroatoms. The molecule has 1 aromatic carbocycles. The molecule has 0 bridgehead atoms. The highest BCUT2D eigenvalue weighted by atomic mass is 16.2. The Labute approximate surface area is 115 Å². The Morgan fingerprint density at radius 1 is 1.32 bits per heavy atom. The minimum Gasteiger partial charge on any atom is -0.332 e. The first kappa shape index (κ1) is 14.1. The number of hydrogen-bond acceptors (Lipinski definition) is 2. The molecule has 0 aromatic heterocycles. The summed E-state index contributed by atoms with van der Waals surface area (Å²) in [6, 6.07) is 8.00. The summed E-state index contributed by atoms with van der Waals surface area (Å²) < 4.78 is 0. The molecule has 1 atom stereocenters. The molecule has 1 aromatic rings. The van der Waals surface area contributed by atoms with Crippen LogP contribution in [0.3, 0.4) is 0 Å². The Balaban J connectivity index is 2.21. The van der Waals surface area contributed by atoms with Crippen LogP contribution in [0.2, 0.25) is 0 Å². The van der Waals surface area contributed by atoms with Gasteiger partial charge in [-0.25, -0.2) is 0 Å². The molecule has 1 unspecified atom stereocenters. The monoisotopic (exact) mass is 260 g/mol. The maximum absolute atomic E-state index is 12.6. The summed E-state index contributed by atoms with van der Waals surface area (Å²) >= 11 is 0. The van der Waals surface area contributed by atoms with Crippen LogP contribution in [0.25, 0.3) is 0 Å². The lowest BCUT2D eigenvalue weighted by Gasteiger charge is -2.34. The number of carbonyl (C=O) groups excluding carboxylic acids is 1. The fraction of sp³-hybridized carbons (Fsp3) is 0.562. The van der Waals surface area contributed by atoms with Crippen LogP contribution in [0.5, 0.6) is 0 Å². The van der Waals surface area contributed by atoms with Crippen LogP contribution >= 0.6 is 0 Å². The second-order valence-corrected chi connectivity index (χ2v) is 6.28. The van der Waals surface area contributed by atoms with Gasteiger partial charge in [-0.3, -0.25) is 4.79 Å². The third-order valence-corrected chi connectivity index (χ3v) is 4.34. The third-order valence-electron chi connectivity index (χ3n) is 4.34. The molecular formula is C16H24N2O. The molecule has 1 heterocycles. The second-order valence-electron chi connectivity index (χ2n) is 6.28. The number of likely N-dealkylation sites (tertiary alicyclic amines) is 1. The second kappa shape index (κ2) is 4.97. The molecule has 1 saturated heterocycles. The molecule has 3 nitrogen and oxygen atoms in total. The Kier molecular flexibility index (Phi) is 3.68. The molecule has 2 N–H and O–H groups in total. The van der Waals surface area contributed by atoms with Crippen LogP contribution < -0.4 is 5.73 Å². The van der Waals surface area contributed by atoms with Gasteiger partial charge in [-0.1, -0.05) is 26.0 Å². The smallest absolute Gasteiger partial charge is 0.254 e. The van der Waals surface area contributed by atoms with E-state index in [4.69, 9.17) is 5.73 Å². The third kappa shape index (κ3) is 2.52. The summed E-state index contributed by atoms with van der Waals surface area (Å²) in [6.45, 7) is 9.15. The van der Waals surface area contributed by atoms with Crippen molar-refractivity contribution in [2.75, 3.05) is 6.54 Å². The largest absolute Gasteiger partial charge is 0.332 e. The normalized spacial score (nSPS) is 22.0. The van der Waals surface area contributed by atoms with Gasteiger partial charge in [-0.05, 0) is 43.9 Å². The summed E-state index contributed by atoms with van der Waals surface area (Å²) in [5, 5.41) is 0. The van der Waals surface area contributed by atoms with Crippen LogP contribution in [0.15, 0.2) is 24.3 Å². The van der Waals surface area contributed by atoms with Crippen molar-refractivity contribution < 1.29 is 4.79 Å². The van der Waals surface area contributed by atoms with Gasteiger partial charge in [0.15, 0.2) is 0 Å². The van der Waals surface area contributed by atoms with Crippen molar-refractivity contribution in [2.45, 2.75) is 51.6 Å². The van der Waals surface area contributed by atoms with E-state index in [0.717, 1.165) is 18.5 Å². The van der Waals surface area contributed by atoms with Gasteiger partial charge in [-0.15, -0.1) is 0 Å². The van der Waals surface area contributed by atoms with Crippen molar-refractivity contribution in [3.05, 3.63) is 35.4 Å². The van der Waals surface area contributed by atoms with Crippen LogP contribution in [-0.4, -0.2) is 28.9 Å². The Hall–Kier alpha value is -1.35. The molecule has 0 aliphatic carbocycles. The van der Waals surface area contributed by atoms with E-state index in [1.807, 2.05) is 43.0 Å². The van der Waals surface area contributed by atoms with Crippen LogP contribution in [0.1, 0.15) is 56.0 Å². The predicted octanol–water partition coefficient (Wildman–Crippen LogP) is 2.76. The van der Waals surface area contributed by atoms with Gasteiger partial charge in [-0.2, -0.15) is 0 Å². The fourth-order valence-corrected chi connectivity index (χ4v) is 2.64. The average molecular weight is 260 g/mol. The number of nitrogens with two attached hydrogens (primary N) is 1. The maximum Gasteiger partial charge on any atom is 0.254 e. The lowest BCUT2D eigenvalue weighted by Crippen LogP contribution is -2.51. The molecule has 1 aliphatic heterocycles. The highest BCUT2D eigenvalue weighted by Crippen LogP contribution is 2.29. The van der Waals surface area contributed by atoms with Gasteiger partial charge in [0.1, 0.15) is 0 Å². The standard InChI is InChI=1S/C16H24N2O/c1-11(2)12-5-7-13(8-6-12)15(19)18-10-9-14(17)16(18,3)4/h5-8,11,14H,9-10,17H2,1-4H3. The topological polar surface area (TPSA) is 46.3 Å². The minimum absolute atomic E-state index is 0.0615. The molecule has 2 rings (SSSR count). The SMILES string of the molecule is CC(C)c1ccc(C(=O)N2CCC(N)C2(C)C)cc1. The molecule has 0 saturated carbocycles. The van der Waals surface area contributed by atoms with E-state index in [1.54, 1.807) is 0 Å². The predicted molar refractivity (Wildman–Crippen MR) is 78.2 cm³/mol. The molecular weight excluding hydrogens is 236 g/mol. The van der Waals surface area contributed by atoms with E-state index < -0.39 is 0 Å². The molecule has 19 heavy (non-hydrogen) atoms. The first-order valence-electron chi connectivity index (χ1n) is 7.01. The molecule has 1 amide bonds. The van der Waals surface area contributed by atoms with Crippen molar-refractivity contribution in [3.63, 3.8) is 0 Å². The van der Waals surface area contributed by atoms with E-state index in [-0.39, 0.29) is 17.5 Å². The summed E-state index contributed by atoms with van der Waals surface area (Å²) in [6.07, 6.45) is 0.878. The maximum atomic E-state index is 12.6. The quantitative estimate of drug-likeness (QED) is 0.888. The molecule has 104 valence electrons. The molecule has 1 fully saturated rings. The number of benzene rings is 1. The van der Waals surface area contributed by atoms with Crippen LogP contribution in [-0.2, 0) is 0 Å². The average Bonchev–Trinajstić information content (AvgIpc) is 2.63. The van der Waals surface area contributed by atoms with Gasteiger partial charge in [0.25, 0.3) is 5.91 Å². The zero-order valence-electron chi connectivity index (χ0n) is 12.3. The fourth-order valence-electron chi connectivity index (χ4n) is 2.64. The number of hydrogen-bond donors (Lipinski definition) is 1. The van der Waals surface area contributed by atoms with E-state index >= 15 is 0 Å². The number of carbonyl (C=O) groups is 1. The van der Waals surface area contributed by atoms with Crippen LogP contribution in [0, 0.1) is 0 Å². The van der Waals surface area contributed by atoms with E-state index in [9.17, 15) is 4.79 Å². The molecule has 0 spiro atoms. The Morgan fingerprint density at radius 3 is 2.32 bits per heavy atom. The van der Waals surface area contributed by atoms with Crippen molar-refractivity contribution in [1.82, 2.24) is 4.90 Å². The lowest BCUT2D eigenvalue weighted by molar-refractivity contribution is 0.0637. The highest BCUT2D eigenvalue weighted by Gasteiger charge is 2.41. The molecule has 1 aliphatic rings. The first-order valence-corrected chi connectivity index (χ1v) is 7.01. The zero-order chi connectivity index (χ0) is 14.2. The van der Waals surface area contributed by atoms with Gasteiger partial charge in [0.2, 0.25) is 0 Å². The van der Waals surface area contributed by atoms with Gasteiger partial charge in [0, 0.05) is 18.2 Å². The molecule has 0 radical (unpaired) electrons. The van der Waals surface area contributed by atoms with Crippen molar-refractivity contribution >= 4 is 5.91 Å². The Bertz CT molecular complexity index is 462.